The number of thiophene rings is 1. The molecule has 1 aromatic carbocycles. The molecule has 2 rings (SSSR count). The van der Waals surface area contributed by atoms with Crippen LogP contribution in [0.4, 0.5) is 5.69 Å². The van der Waals surface area contributed by atoms with Crippen molar-refractivity contribution >= 4 is 23.0 Å². The van der Waals surface area contributed by atoms with Crippen molar-refractivity contribution in [3.63, 3.8) is 0 Å². The van der Waals surface area contributed by atoms with Gasteiger partial charge in [-0.15, -0.1) is 11.3 Å². The van der Waals surface area contributed by atoms with Crippen LogP contribution in [0.2, 0.25) is 0 Å². The molecule has 0 unspecified atom stereocenters. The number of carboxylic acids is 1. The first kappa shape index (κ1) is 14.9. The number of carbonyl (C=O) groups is 1. The van der Waals surface area contributed by atoms with Gasteiger partial charge in [0.05, 0.1) is 18.4 Å². The number of hydrogen-bond donors (Lipinski definition) is 2. The lowest BCUT2D eigenvalue weighted by atomic mass is 10.1. The second-order valence-corrected chi connectivity index (χ2v) is 5.60. The van der Waals surface area contributed by atoms with E-state index in [9.17, 15) is 4.79 Å². The molecule has 2 aromatic rings. The molecule has 2 N–H and O–H groups in total. The molecule has 0 spiro atoms. The van der Waals surface area contributed by atoms with Crippen LogP contribution in [0.3, 0.4) is 0 Å². The van der Waals surface area contributed by atoms with Crippen molar-refractivity contribution in [2.75, 3.05) is 12.4 Å². The number of nitriles is 1. The van der Waals surface area contributed by atoms with Crippen LogP contribution in [0.5, 0.6) is 5.75 Å². The summed E-state index contributed by atoms with van der Waals surface area (Å²) in [6.45, 7) is 2.31. The van der Waals surface area contributed by atoms with Gasteiger partial charge in [0, 0.05) is 11.4 Å². The van der Waals surface area contributed by atoms with Crippen LogP contribution >= 0.6 is 11.3 Å². The highest BCUT2D eigenvalue weighted by Gasteiger charge is 2.13. The molecule has 0 bridgehead atoms. The minimum atomic E-state index is -0.927. The van der Waals surface area contributed by atoms with E-state index in [2.05, 4.69) is 11.4 Å². The summed E-state index contributed by atoms with van der Waals surface area (Å²) in [7, 11) is 1.54. The third-order valence-corrected chi connectivity index (χ3v) is 4.13. The van der Waals surface area contributed by atoms with Gasteiger partial charge in [-0.1, -0.05) is 6.07 Å². The summed E-state index contributed by atoms with van der Waals surface area (Å²) in [6.07, 6.45) is 0. The second-order valence-electron chi connectivity index (χ2n) is 4.35. The molecular formula is C15H14N2O3S. The van der Waals surface area contributed by atoms with Gasteiger partial charge < -0.3 is 15.2 Å². The summed E-state index contributed by atoms with van der Waals surface area (Å²) in [5, 5.41) is 21.3. The zero-order chi connectivity index (χ0) is 15.4. The van der Waals surface area contributed by atoms with E-state index in [4.69, 9.17) is 15.1 Å². The zero-order valence-corrected chi connectivity index (χ0v) is 12.5. The summed E-state index contributed by atoms with van der Waals surface area (Å²) >= 11 is 1.24. The molecule has 0 aliphatic rings. The number of benzene rings is 1. The van der Waals surface area contributed by atoms with Gasteiger partial charge in [0.15, 0.2) is 0 Å². The fraction of sp³-hybridized carbons (Fsp3) is 0.200. The largest absolute Gasteiger partial charge is 0.495 e. The van der Waals surface area contributed by atoms with Gasteiger partial charge >= 0.3 is 5.97 Å². The first-order chi connectivity index (χ1) is 10.1. The summed E-state index contributed by atoms with van der Waals surface area (Å²) in [4.78, 5) is 12.2. The van der Waals surface area contributed by atoms with Crippen LogP contribution < -0.4 is 10.1 Å². The number of carboxylic acid groups (broad SMARTS) is 1. The number of nitrogens with one attached hydrogen (secondary N) is 1. The van der Waals surface area contributed by atoms with E-state index in [-0.39, 0.29) is 0 Å². The molecule has 0 aliphatic heterocycles. The van der Waals surface area contributed by atoms with Crippen LogP contribution in [0.1, 0.15) is 25.7 Å². The molecular weight excluding hydrogens is 288 g/mol. The van der Waals surface area contributed by atoms with Crippen molar-refractivity contribution in [2.24, 2.45) is 0 Å². The maximum absolute atomic E-state index is 11.0. The highest BCUT2D eigenvalue weighted by atomic mass is 32.1. The highest BCUT2D eigenvalue weighted by molar-refractivity contribution is 7.14. The van der Waals surface area contributed by atoms with Gasteiger partial charge in [0.25, 0.3) is 0 Å². The molecule has 1 heterocycles. The van der Waals surface area contributed by atoms with E-state index in [1.807, 2.05) is 6.92 Å². The van der Waals surface area contributed by atoms with Crippen LogP contribution in [-0.4, -0.2) is 18.2 Å². The first-order valence-electron chi connectivity index (χ1n) is 6.20. The first-order valence-corrected chi connectivity index (χ1v) is 7.02. The van der Waals surface area contributed by atoms with Crippen LogP contribution in [0, 0.1) is 18.3 Å². The Morgan fingerprint density at radius 3 is 2.86 bits per heavy atom. The Balaban J connectivity index is 2.24. The molecule has 0 atom stereocenters. The van der Waals surface area contributed by atoms with Gasteiger partial charge in [-0.05, 0) is 30.7 Å². The van der Waals surface area contributed by atoms with E-state index in [1.165, 1.54) is 11.3 Å². The van der Waals surface area contributed by atoms with Gasteiger partial charge in [-0.2, -0.15) is 5.26 Å². The molecule has 6 heteroatoms. The quantitative estimate of drug-likeness (QED) is 0.886. The van der Waals surface area contributed by atoms with Crippen molar-refractivity contribution < 1.29 is 14.6 Å². The normalized spacial score (nSPS) is 9.95. The minimum Gasteiger partial charge on any atom is -0.495 e. The van der Waals surface area contributed by atoms with E-state index in [0.717, 1.165) is 10.4 Å². The van der Waals surface area contributed by atoms with Crippen molar-refractivity contribution in [2.45, 2.75) is 13.5 Å². The lowest BCUT2D eigenvalue weighted by molar-refractivity contribution is 0.0702. The van der Waals surface area contributed by atoms with Crippen molar-refractivity contribution in [3.8, 4) is 11.8 Å². The average molecular weight is 302 g/mol. The fourth-order valence-electron chi connectivity index (χ4n) is 1.96. The molecule has 1 aromatic heterocycles. The maximum Gasteiger partial charge on any atom is 0.345 e. The van der Waals surface area contributed by atoms with Crippen LogP contribution in [0.15, 0.2) is 24.3 Å². The smallest absolute Gasteiger partial charge is 0.345 e. The summed E-state index contributed by atoms with van der Waals surface area (Å²) in [5.74, 6) is -0.343. The predicted molar refractivity (Wildman–Crippen MR) is 81.1 cm³/mol. The molecule has 0 saturated heterocycles. The molecule has 5 nitrogen and oxygen atoms in total. The van der Waals surface area contributed by atoms with E-state index in [0.29, 0.717) is 28.4 Å². The van der Waals surface area contributed by atoms with E-state index < -0.39 is 5.97 Å². The number of aromatic carboxylic acids is 1. The topological polar surface area (TPSA) is 82.3 Å². The van der Waals surface area contributed by atoms with Gasteiger partial charge in [0.2, 0.25) is 0 Å². The zero-order valence-electron chi connectivity index (χ0n) is 11.6. The Bertz CT molecular complexity index is 716. The summed E-state index contributed by atoms with van der Waals surface area (Å²) < 4.78 is 5.24. The molecule has 0 amide bonds. The van der Waals surface area contributed by atoms with Gasteiger partial charge in [0.1, 0.15) is 16.7 Å². The Kier molecular flexibility index (Phi) is 4.45. The van der Waals surface area contributed by atoms with Gasteiger partial charge in [-0.3, -0.25) is 0 Å². The van der Waals surface area contributed by atoms with Crippen LogP contribution in [0.25, 0.3) is 0 Å². The molecule has 21 heavy (non-hydrogen) atoms. The maximum atomic E-state index is 11.0. The third kappa shape index (κ3) is 3.15. The Labute approximate surface area is 126 Å². The number of para-hydroxylation sites is 1. The summed E-state index contributed by atoms with van der Waals surface area (Å²) in [5.41, 5.74) is 2.00. The van der Waals surface area contributed by atoms with Crippen molar-refractivity contribution in [1.29, 1.82) is 5.26 Å². The lowest BCUT2D eigenvalue weighted by Crippen LogP contribution is -2.03. The molecule has 108 valence electrons. The van der Waals surface area contributed by atoms with Crippen molar-refractivity contribution in [1.82, 2.24) is 0 Å². The SMILES string of the molecule is COc1cccc(C#N)c1NCc1cc(C(=O)O)sc1C. The number of methoxy groups -OCH3 is 1. The number of aryl methyl sites for hydroxylation is 1. The molecule has 0 radical (unpaired) electrons. The number of ether oxygens (including phenoxy) is 1. The second kappa shape index (κ2) is 6.29. The Morgan fingerprint density at radius 1 is 1.52 bits per heavy atom. The Hall–Kier alpha value is -2.52. The Morgan fingerprint density at radius 2 is 2.29 bits per heavy atom. The van der Waals surface area contributed by atoms with Crippen molar-refractivity contribution in [3.05, 3.63) is 45.1 Å². The standard InChI is InChI=1S/C15H14N2O3S/c1-9-11(6-13(21-9)15(18)19)8-17-14-10(7-16)4-3-5-12(14)20-2/h3-6,17H,8H2,1-2H3,(H,18,19). The monoisotopic (exact) mass is 302 g/mol. The minimum absolute atomic E-state index is 0.310. The van der Waals surface area contributed by atoms with Gasteiger partial charge in [-0.25, -0.2) is 4.79 Å². The molecule has 0 aliphatic carbocycles. The highest BCUT2D eigenvalue weighted by Crippen LogP contribution is 2.29. The third-order valence-electron chi connectivity index (χ3n) is 3.05. The molecule has 0 fully saturated rings. The molecule has 0 saturated carbocycles. The lowest BCUT2D eigenvalue weighted by Gasteiger charge is -2.12. The number of anilines is 1. The fourth-order valence-corrected chi connectivity index (χ4v) is 2.84. The van der Waals surface area contributed by atoms with E-state index >= 15 is 0 Å². The number of nitrogens with zero attached hydrogens (tertiary/aromatic N) is 1. The number of hydrogen-bond acceptors (Lipinski definition) is 5. The van der Waals surface area contributed by atoms with Crippen LogP contribution in [-0.2, 0) is 6.54 Å². The summed E-state index contributed by atoms with van der Waals surface area (Å²) in [6, 6.07) is 8.98. The van der Waals surface area contributed by atoms with E-state index in [1.54, 1.807) is 31.4 Å². The number of rotatable bonds is 5. The average Bonchev–Trinajstić information content (AvgIpc) is 2.86. The predicted octanol–water partition coefficient (Wildman–Crippen LogP) is 3.25.